The monoisotopic (exact) mass is 400 g/mol. The average Bonchev–Trinajstić information content (AvgIpc) is 3.10. The Kier molecular flexibility index (Phi) is 6.33. The van der Waals surface area contributed by atoms with E-state index >= 15 is 0 Å². The number of hydrogen-bond donors (Lipinski definition) is 0. The van der Waals surface area contributed by atoms with E-state index in [0.717, 1.165) is 53.3 Å². The molecule has 3 aromatic carbocycles. The van der Waals surface area contributed by atoms with E-state index in [9.17, 15) is 0 Å². The first-order chi connectivity index (χ1) is 14.7. The van der Waals surface area contributed by atoms with Gasteiger partial charge >= 0.3 is 0 Å². The number of aryl methyl sites for hydroxylation is 3. The van der Waals surface area contributed by atoms with Crippen molar-refractivity contribution < 1.29 is 9.47 Å². The van der Waals surface area contributed by atoms with Crippen LogP contribution in [0.5, 0.6) is 11.5 Å². The Morgan fingerprint density at radius 1 is 0.833 bits per heavy atom. The SMILES string of the molecule is Cc1cccc(OCCCCn2c(COc3ccccc3C)nc3ccccc32)c1. The van der Waals surface area contributed by atoms with Crippen LogP contribution in [0.3, 0.4) is 0 Å². The summed E-state index contributed by atoms with van der Waals surface area (Å²) in [4.78, 5) is 4.82. The molecule has 0 aliphatic rings. The van der Waals surface area contributed by atoms with Crippen LogP contribution in [0.25, 0.3) is 11.0 Å². The minimum atomic E-state index is 0.458. The van der Waals surface area contributed by atoms with Gasteiger partial charge in [0, 0.05) is 6.54 Å². The highest BCUT2D eigenvalue weighted by molar-refractivity contribution is 5.75. The number of benzene rings is 3. The predicted molar refractivity (Wildman–Crippen MR) is 121 cm³/mol. The third kappa shape index (κ3) is 4.82. The molecular formula is C26H28N2O2. The van der Waals surface area contributed by atoms with Gasteiger partial charge in [-0.2, -0.15) is 0 Å². The van der Waals surface area contributed by atoms with Gasteiger partial charge in [0.1, 0.15) is 23.9 Å². The zero-order chi connectivity index (χ0) is 20.8. The highest BCUT2D eigenvalue weighted by Crippen LogP contribution is 2.21. The van der Waals surface area contributed by atoms with Gasteiger partial charge in [0.25, 0.3) is 0 Å². The van der Waals surface area contributed by atoms with Crippen LogP contribution in [0, 0.1) is 13.8 Å². The van der Waals surface area contributed by atoms with Gasteiger partial charge in [0.15, 0.2) is 0 Å². The third-order valence-electron chi connectivity index (χ3n) is 5.22. The van der Waals surface area contributed by atoms with Crippen molar-refractivity contribution in [2.75, 3.05) is 6.61 Å². The third-order valence-corrected chi connectivity index (χ3v) is 5.22. The first kappa shape index (κ1) is 20.0. The van der Waals surface area contributed by atoms with E-state index in [1.165, 1.54) is 5.56 Å². The standard InChI is InChI=1S/C26H28N2O2/c1-20-10-9-12-22(18-20)29-17-8-7-16-28-24-14-5-4-13-23(24)27-26(28)19-30-25-15-6-3-11-21(25)2/h3-6,9-15,18H,7-8,16-17,19H2,1-2H3. The lowest BCUT2D eigenvalue weighted by Crippen LogP contribution is -2.09. The molecule has 0 N–H and O–H groups in total. The fraction of sp³-hybridized carbons (Fsp3) is 0.269. The van der Waals surface area contributed by atoms with Gasteiger partial charge in [0.2, 0.25) is 0 Å². The van der Waals surface area contributed by atoms with Crippen molar-refractivity contribution in [1.82, 2.24) is 9.55 Å². The molecule has 4 aromatic rings. The Morgan fingerprint density at radius 2 is 1.67 bits per heavy atom. The molecule has 0 fully saturated rings. The second-order valence-electron chi connectivity index (χ2n) is 7.59. The van der Waals surface area contributed by atoms with Crippen molar-refractivity contribution >= 4 is 11.0 Å². The van der Waals surface area contributed by atoms with E-state index in [2.05, 4.69) is 54.8 Å². The number of unbranched alkanes of at least 4 members (excludes halogenated alkanes) is 1. The van der Waals surface area contributed by atoms with Crippen LogP contribution in [0.2, 0.25) is 0 Å². The molecule has 0 atom stereocenters. The van der Waals surface area contributed by atoms with Gasteiger partial charge < -0.3 is 14.0 Å². The van der Waals surface area contributed by atoms with Crippen LogP contribution < -0.4 is 9.47 Å². The summed E-state index contributed by atoms with van der Waals surface area (Å²) in [6, 6.07) is 24.6. The molecule has 0 aliphatic heterocycles. The summed E-state index contributed by atoms with van der Waals surface area (Å²) in [5.74, 6) is 2.80. The number of nitrogens with zero attached hydrogens (tertiary/aromatic N) is 2. The minimum absolute atomic E-state index is 0.458. The fourth-order valence-electron chi connectivity index (χ4n) is 3.61. The number of para-hydroxylation sites is 3. The summed E-state index contributed by atoms with van der Waals surface area (Å²) in [6.07, 6.45) is 2.00. The van der Waals surface area contributed by atoms with E-state index in [0.29, 0.717) is 13.2 Å². The highest BCUT2D eigenvalue weighted by Gasteiger charge is 2.11. The van der Waals surface area contributed by atoms with E-state index in [-0.39, 0.29) is 0 Å². The number of hydrogen-bond acceptors (Lipinski definition) is 3. The van der Waals surface area contributed by atoms with Crippen LogP contribution in [0.15, 0.2) is 72.8 Å². The zero-order valence-electron chi connectivity index (χ0n) is 17.7. The van der Waals surface area contributed by atoms with Crippen LogP contribution in [-0.2, 0) is 13.2 Å². The van der Waals surface area contributed by atoms with Crippen molar-refractivity contribution in [3.8, 4) is 11.5 Å². The second-order valence-corrected chi connectivity index (χ2v) is 7.59. The van der Waals surface area contributed by atoms with E-state index in [4.69, 9.17) is 14.5 Å². The molecule has 1 aromatic heterocycles. The van der Waals surface area contributed by atoms with Gasteiger partial charge in [-0.25, -0.2) is 4.98 Å². The first-order valence-electron chi connectivity index (χ1n) is 10.5. The molecule has 0 radical (unpaired) electrons. The Balaban J connectivity index is 1.39. The van der Waals surface area contributed by atoms with Crippen LogP contribution in [-0.4, -0.2) is 16.2 Å². The van der Waals surface area contributed by atoms with Crippen molar-refractivity contribution in [2.45, 2.75) is 39.8 Å². The lowest BCUT2D eigenvalue weighted by Gasteiger charge is -2.12. The quantitative estimate of drug-likeness (QED) is 0.319. The lowest BCUT2D eigenvalue weighted by molar-refractivity contribution is 0.283. The number of fused-ring (bicyclic) bond motifs is 1. The maximum Gasteiger partial charge on any atom is 0.147 e. The van der Waals surface area contributed by atoms with Gasteiger partial charge in [0.05, 0.1) is 17.6 Å². The van der Waals surface area contributed by atoms with E-state index < -0.39 is 0 Å². The molecule has 0 spiro atoms. The number of rotatable bonds is 9. The molecule has 0 saturated carbocycles. The molecule has 1 heterocycles. The van der Waals surface area contributed by atoms with Crippen LogP contribution in [0.1, 0.15) is 29.8 Å². The Labute approximate surface area is 178 Å². The highest BCUT2D eigenvalue weighted by atomic mass is 16.5. The molecule has 4 heteroatoms. The summed E-state index contributed by atoms with van der Waals surface area (Å²) >= 11 is 0. The molecule has 4 nitrogen and oxygen atoms in total. The molecule has 154 valence electrons. The molecule has 0 amide bonds. The summed E-state index contributed by atoms with van der Waals surface area (Å²) < 4.78 is 14.3. The lowest BCUT2D eigenvalue weighted by atomic mass is 10.2. The van der Waals surface area contributed by atoms with Gasteiger partial charge in [-0.1, -0.05) is 42.5 Å². The molecule has 30 heavy (non-hydrogen) atoms. The van der Waals surface area contributed by atoms with Crippen molar-refractivity contribution in [3.63, 3.8) is 0 Å². The minimum Gasteiger partial charge on any atom is -0.494 e. The van der Waals surface area contributed by atoms with Crippen molar-refractivity contribution in [2.24, 2.45) is 0 Å². The van der Waals surface area contributed by atoms with Crippen LogP contribution in [0.4, 0.5) is 0 Å². The molecule has 0 unspecified atom stereocenters. The number of ether oxygens (including phenoxy) is 2. The van der Waals surface area contributed by atoms with Gasteiger partial charge in [-0.3, -0.25) is 0 Å². The topological polar surface area (TPSA) is 36.3 Å². The average molecular weight is 401 g/mol. The molecule has 4 rings (SSSR count). The van der Waals surface area contributed by atoms with Crippen molar-refractivity contribution in [3.05, 3.63) is 89.7 Å². The smallest absolute Gasteiger partial charge is 0.147 e. The molecule has 0 bridgehead atoms. The number of imidazole rings is 1. The molecule has 0 saturated heterocycles. The Morgan fingerprint density at radius 3 is 2.53 bits per heavy atom. The van der Waals surface area contributed by atoms with Gasteiger partial charge in [-0.15, -0.1) is 0 Å². The predicted octanol–water partition coefficient (Wildman–Crippen LogP) is 6.09. The Bertz CT molecular complexity index is 1120. The summed E-state index contributed by atoms with van der Waals surface area (Å²) in [5, 5.41) is 0. The molecular weight excluding hydrogens is 372 g/mol. The summed E-state index contributed by atoms with van der Waals surface area (Å²) in [5.41, 5.74) is 4.52. The molecule has 0 aliphatic carbocycles. The Hall–Kier alpha value is -3.27. The van der Waals surface area contributed by atoms with E-state index in [1.54, 1.807) is 0 Å². The van der Waals surface area contributed by atoms with Crippen molar-refractivity contribution in [1.29, 1.82) is 0 Å². The first-order valence-corrected chi connectivity index (χ1v) is 10.5. The normalized spacial score (nSPS) is 11.0. The number of aromatic nitrogens is 2. The fourth-order valence-corrected chi connectivity index (χ4v) is 3.61. The largest absolute Gasteiger partial charge is 0.494 e. The maximum absolute atomic E-state index is 6.08. The zero-order valence-corrected chi connectivity index (χ0v) is 17.7. The summed E-state index contributed by atoms with van der Waals surface area (Å²) in [7, 11) is 0. The van der Waals surface area contributed by atoms with Gasteiger partial charge in [-0.05, 0) is 68.1 Å². The van der Waals surface area contributed by atoms with E-state index in [1.807, 2.05) is 36.4 Å². The van der Waals surface area contributed by atoms with Crippen LogP contribution >= 0.6 is 0 Å². The summed E-state index contributed by atoms with van der Waals surface area (Å²) in [6.45, 7) is 6.21. The second kappa shape index (κ2) is 9.49. The maximum atomic E-state index is 6.08.